The summed E-state index contributed by atoms with van der Waals surface area (Å²) in [6.07, 6.45) is 0. The average molecular weight is 351 g/mol. The molecule has 3 unspecified atom stereocenters. The molecule has 4 rings (SSSR count). The van der Waals surface area contributed by atoms with Gasteiger partial charge in [0.05, 0.1) is 24.8 Å². The number of nitrogens with one attached hydrogen (secondary N) is 1. The zero-order chi connectivity index (χ0) is 18.4. The number of hydrogen-bond donors (Lipinski definition) is 1. The lowest BCUT2D eigenvalue weighted by Crippen LogP contribution is -2.43. The van der Waals surface area contributed by atoms with Crippen molar-refractivity contribution in [2.45, 2.75) is 19.0 Å². The third-order valence-electron chi connectivity index (χ3n) is 5.21. The van der Waals surface area contributed by atoms with Gasteiger partial charge in [-0.2, -0.15) is 0 Å². The number of hydrogen-bond acceptors (Lipinski definition) is 5. The topological polar surface area (TPSA) is 61.9 Å². The number of fused-ring (bicyclic) bond motifs is 1. The monoisotopic (exact) mass is 351 g/mol. The number of rotatable bonds is 3. The van der Waals surface area contributed by atoms with Crippen molar-refractivity contribution in [3.63, 3.8) is 0 Å². The van der Waals surface area contributed by atoms with E-state index in [-0.39, 0.29) is 17.9 Å². The highest BCUT2D eigenvalue weighted by molar-refractivity contribution is 6.24. The van der Waals surface area contributed by atoms with Crippen LogP contribution < -0.4 is 15.1 Å². The summed E-state index contributed by atoms with van der Waals surface area (Å²) < 4.78 is 5.20. The Morgan fingerprint density at radius 3 is 2.23 bits per heavy atom. The number of carbonyl (C=O) groups excluding carboxylic acids is 2. The van der Waals surface area contributed by atoms with Crippen molar-refractivity contribution < 1.29 is 14.3 Å². The minimum atomic E-state index is -0.504. The van der Waals surface area contributed by atoms with Crippen LogP contribution in [0.2, 0.25) is 0 Å². The highest BCUT2D eigenvalue weighted by atomic mass is 16.5. The molecular formula is C20H21N3O3. The van der Waals surface area contributed by atoms with Gasteiger partial charge in [0.25, 0.3) is 5.91 Å². The van der Waals surface area contributed by atoms with E-state index < -0.39 is 12.0 Å². The van der Waals surface area contributed by atoms with Crippen LogP contribution in [-0.2, 0) is 9.59 Å². The van der Waals surface area contributed by atoms with E-state index in [0.29, 0.717) is 5.69 Å². The molecular weight excluding hydrogens is 330 g/mol. The first-order chi connectivity index (χ1) is 12.5. The third-order valence-corrected chi connectivity index (χ3v) is 5.21. The normalized spacial score (nSPS) is 25.7. The number of aryl methyl sites for hydroxylation is 1. The summed E-state index contributed by atoms with van der Waals surface area (Å²) in [5, 5.41) is 1.76. The molecule has 6 heteroatoms. The summed E-state index contributed by atoms with van der Waals surface area (Å²) in [6, 6.07) is 14.3. The molecule has 2 aromatic carbocycles. The number of imide groups is 1. The molecule has 0 aliphatic carbocycles. The molecule has 134 valence electrons. The maximum absolute atomic E-state index is 13.1. The zero-order valence-corrected chi connectivity index (χ0v) is 15.0. The molecule has 26 heavy (non-hydrogen) atoms. The summed E-state index contributed by atoms with van der Waals surface area (Å²) in [5.74, 6) is -0.0506. The van der Waals surface area contributed by atoms with Gasteiger partial charge in [-0.05, 0) is 36.8 Å². The Labute approximate surface area is 152 Å². The second-order valence-corrected chi connectivity index (χ2v) is 6.81. The van der Waals surface area contributed by atoms with E-state index in [2.05, 4.69) is 5.43 Å². The summed E-state index contributed by atoms with van der Waals surface area (Å²) in [5.41, 5.74) is 5.94. The number of benzene rings is 2. The van der Waals surface area contributed by atoms with Gasteiger partial charge in [0, 0.05) is 7.05 Å². The molecule has 3 atom stereocenters. The maximum atomic E-state index is 13.1. The smallest absolute Gasteiger partial charge is 0.253 e. The SMILES string of the molecule is COc1ccc(C2NN(C)C3C(=O)N(c4ccc(C)cc4)C(=O)C23)cc1. The van der Waals surface area contributed by atoms with Crippen LogP contribution in [0.3, 0.4) is 0 Å². The van der Waals surface area contributed by atoms with E-state index in [1.54, 1.807) is 12.1 Å². The molecule has 2 heterocycles. The van der Waals surface area contributed by atoms with Crippen molar-refractivity contribution in [3.8, 4) is 5.75 Å². The Hall–Kier alpha value is -2.70. The Morgan fingerprint density at radius 1 is 0.962 bits per heavy atom. The number of carbonyl (C=O) groups is 2. The van der Waals surface area contributed by atoms with E-state index in [9.17, 15) is 9.59 Å². The lowest BCUT2D eigenvalue weighted by atomic mass is 9.91. The minimum Gasteiger partial charge on any atom is -0.497 e. The highest BCUT2D eigenvalue weighted by Gasteiger charge is 2.57. The standard InChI is InChI=1S/C20H21N3O3/c1-12-4-8-14(9-5-12)23-19(24)16-17(21-22(2)18(16)20(23)25)13-6-10-15(26-3)11-7-13/h4-11,16-18,21H,1-3H3. The van der Waals surface area contributed by atoms with Crippen molar-refractivity contribution in [2.24, 2.45) is 5.92 Å². The van der Waals surface area contributed by atoms with Gasteiger partial charge in [-0.15, -0.1) is 0 Å². The molecule has 2 aromatic rings. The largest absolute Gasteiger partial charge is 0.497 e. The van der Waals surface area contributed by atoms with E-state index in [4.69, 9.17) is 4.74 Å². The fraction of sp³-hybridized carbons (Fsp3) is 0.300. The summed E-state index contributed by atoms with van der Waals surface area (Å²) in [6.45, 7) is 1.98. The summed E-state index contributed by atoms with van der Waals surface area (Å²) >= 11 is 0. The molecule has 2 saturated heterocycles. The van der Waals surface area contributed by atoms with Crippen LogP contribution in [0.15, 0.2) is 48.5 Å². The van der Waals surface area contributed by atoms with E-state index in [0.717, 1.165) is 16.9 Å². The van der Waals surface area contributed by atoms with Crippen molar-refractivity contribution >= 4 is 17.5 Å². The van der Waals surface area contributed by atoms with Crippen LogP contribution in [0.4, 0.5) is 5.69 Å². The molecule has 2 fully saturated rings. The van der Waals surface area contributed by atoms with Crippen LogP contribution in [0.1, 0.15) is 17.2 Å². The summed E-state index contributed by atoms with van der Waals surface area (Å²) in [4.78, 5) is 27.4. The second kappa shape index (κ2) is 6.23. The molecule has 0 spiro atoms. The molecule has 1 N–H and O–H groups in total. The van der Waals surface area contributed by atoms with Gasteiger partial charge in [0.2, 0.25) is 5.91 Å². The number of likely N-dealkylation sites (N-methyl/N-ethyl adjacent to an activating group) is 1. The number of nitrogens with zero attached hydrogens (tertiary/aromatic N) is 2. The third kappa shape index (κ3) is 2.50. The second-order valence-electron chi connectivity index (χ2n) is 6.81. The molecule has 0 aromatic heterocycles. The fourth-order valence-electron chi connectivity index (χ4n) is 3.83. The first-order valence-electron chi connectivity index (χ1n) is 8.58. The first-order valence-corrected chi connectivity index (χ1v) is 8.58. The van der Waals surface area contributed by atoms with Gasteiger partial charge >= 0.3 is 0 Å². The predicted octanol–water partition coefficient (Wildman–Crippen LogP) is 2.05. The van der Waals surface area contributed by atoms with Gasteiger partial charge in [-0.1, -0.05) is 29.8 Å². The Kier molecular flexibility index (Phi) is 4.01. The summed E-state index contributed by atoms with van der Waals surface area (Å²) in [7, 11) is 3.43. The van der Waals surface area contributed by atoms with Crippen molar-refractivity contribution in [1.29, 1.82) is 0 Å². The molecule has 2 aliphatic rings. The van der Waals surface area contributed by atoms with E-state index in [1.165, 1.54) is 4.90 Å². The van der Waals surface area contributed by atoms with Gasteiger partial charge in [-0.25, -0.2) is 15.3 Å². The predicted molar refractivity (Wildman–Crippen MR) is 97.6 cm³/mol. The lowest BCUT2D eigenvalue weighted by molar-refractivity contribution is -0.123. The number of methoxy groups -OCH3 is 1. The minimum absolute atomic E-state index is 0.165. The first kappa shape index (κ1) is 16.8. The quantitative estimate of drug-likeness (QED) is 0.858. The molecule has 6 nitrogen and oxygen atoms in total. The number of hydrazine groups is 1. The van der Waals surface area contributed by atoms with Gasteiger partial charge < -0.3 is 4.74 Å². The Bertz CT molecular complexity index is 848. The van der Waals surface area contributed by atoms with Crippen molar-refractivity contribution in [1.82, 2.24) is 10.4 Å². The van der Waals surface area contributed by atoms with Crippen LogP contribution >= 0.6 is 0 Å². The molecule has 2 amide bonds. The van der Waals surface area contributed by atoms with Crippen LogP contribution in [0.5, 0.6) is 5.75 Å². The molecule has 0 bridgehead atoms. The fourth-order valence-corrected chi connectivity index (χ4v) is 3.83. The van der Waals surface area contributed by atoms with Gasteiger partial charge in [-0.3, -0.25) is 9.59 Å². The van der Waals surface area contributed by atoms with Gasteiger partial charge in [0.1, 0.15) is 11.8 Å². The van der Waals surface area contributed by atoms with Gasteiger partial charge in [0.15, 0.2) is 0 Å². The molecule has 0 radical (unpaired) electrons. The van der Waals surface area contributed by atoms with Crippen molar-refractivity contribution in [3.05, 3.63) is 59.7 Å². The average Bonchev–Trinajstić information content (AvgIpc) is 3.12. The number of ether oxygens (including phenoxy) is 1. The number of amides is 2. The van der Waals surface area contributed by atoms with Crippen LogP contribution in [0.25, 0.3) is 0 Å². The lowest BCUT2D eigenvalue weighted by Gasteiger charge is -2.22. The van der Waals surface area contributed by atoms with E-state index in [1.807, 2.05) is 62.5 Å². The zero-order valence-electron chi connectivity index (χ0n) is 15.0. The molecule has 2 aliphatic heterocycles. The highest BCUT2D eigenvalue weighted by Crippen LogP contribution is 2.41. The van der Waals surface area contributed by atoms with Crippen LogP contribution in [0, 0.1) is 12.8 Å². The van der Waals surface area contributed by atoms with E-state index >= 15 is 0 Å². The number of anilines is 1. The van der Waals surface area contributed by atoms with Crippen molar-refractivity contribution in [2.75, 3.05) is 19.1 Å². The Morgan fingerprint density at radius 2 is 1.62 bits per heavy atom. The maximum Gasteiger partial charge on any atom is 0.253 e. The molecule has 0 saturated carbocycles. The Balaban J connectivity index is 1.69. The van der Waals surface area contributed by atoms with Crippen LogP contribution in [-0.4, -0.2) is 37.0 Å².